The van der Waals surface area contributed by atoms with Crippen LogP contribution in [0.4, 0.5) is 0 Å². The SMILES string of the molecule is CNC[C@H]1OCc2ccccc2[C@H]1Oc1ccc(O)cc1C. The van der Waals surface area contributed by atoms with Gasteiger partial charge in [0.25, 0.3) is 0 Å². The van der Waals surface area contributed by atoms with Crippen LogP contribution in [0.1, 0.15) is 22.8 Å². The van der Waals surface area contributed by atoms with Crippen LogP contribution < -0.4 is 10.1 Å². The van der Waals surface area contributed by atoms with Gasteiger partial charge in [0.2, 0.25) is 0 Å². The van der Waals surface area contributed by atoms with Crippen molar-refractivity contribution in [2.75, 3.05) is 13.6 Å². The molecule has 1 heterocycles. The third-order valence-corrected chi connectivity index (χ3v) is 3.97. The molecule has 0 spiro atoms. The summed E-state index contributed by atoms with van der Waals surface area (Å²) in [6, 6.07) is 13.4. The van der Waals surface area contributed by atoms with Crippen molar-refractivity contribution in [2.45, 2.75) is 25.7 Å². The predicted molar refractivity (Wildman–Crippen MR) is 85.2 cm³/mol. The Labute approximate surface area is 130 Å². The normalized spacial score (nSPS) is 20.5. The van der Waals surface area contributed by atoms with Gasteiger partial charge in [-0.15, -0.1) is 0 Å². The van der Waals surface area contributed by atoms with E-state index >= 15 is 0 Å². The van der Waals surface area contributed by atoms with Gasteiger partial charge in [0.1, 0.15) is 17.6 Å². The molecule has 116 valence electrons. The second kappa shape index (κ2) is 6.38. The molecule has 4 nitrogen and oxygen atoms in total. The topological polar surface area (TPSA) is 50.7 Å². The summed E-state index contributed by atoms with van der Waals surface area (Å²) in [5.41, 5.74) is 3.24. The molecular weight excluding hydrogens is 278 g/mol. The van der Waals surface area contributed by atoms with Crippen LogP contribution in [-0.4, -0.2) is 24.8 Å². The lowest BCUT2D eigenvalue weighted by atomic mass is 9.95. The molecule has 0 saturated carbocycles. The van der Waals surface area contributed by atoms with E-state index in [9.17, 15) is 5.11 Å². The monoisotopic (exact) mass is 299 g/mol. The number of aromatic hydroxyl groups is 1. The number of hydrogen-bond donors (Lipinski definition) is 2. The first-order valence-corrected chi connectivity index (χ1v) is 7.49. The number of rotatable bonds is 4. The molecule has 3 rings (SSSR count). The largest absolute Gasteiger partial charge is 0.508 e. The molecule has 0 saturated heterocycles. The van der Waals surface area contributed by atoms with Gasteiger partial charge in [-0.3, -0.25) is 0 Å². The highest BCUT2D eigenvalue weighted by Crippen LogP contribution is 2.35. The van der Waals surface area contributed by atoms with Crippen molar-refractivity contribution in [2.24, 2.45) is 0 Å². The Balaban J connectivity index is 1.93. The first-order chi connectivity index (χ1) is 10.7. The summed E-state index contributed by atoms with van der Waals surface area (Å²) in [6.45, 7) is 3.25. The van der Waals surface area contributed by atoms with Gasteiger partial charge >= 0.3 is 0 Å². The van der Waals surface area contributed by atoms with Gasteiger partial charge in [-0.2, -0.15) is 0 Å². The minimum absolute atomic E-state index is 0.0481. The Morgan fingerprint density at radius 1 is 1.27 bits per heavy atom. The molecule has 0 aromatic heterocycles. The molecule has 2 aromatic carbocycles. The van der Waals surface area contributed by atoms with Crippen molar-refractivity contribution in [1.29, 1.82) is 0 Å². The first kappa shape index (κ1) is 14.9. The number of ether oxygens (including phenoxy) is 2. The Kier molecular flexibility index (Phi) is 4.32. The molecule has 0 unspecified atom stereocenters. The zero-order valence-corrected chi connectivity index (χ0v) is 12.9. The third-order valence-electron chi connectivity index (χ3n) is 3.97. The molecule has 4 heteroatoms. The highest BCUT2D eigenvalue weighted by atomic mass is 16.5. The van der Waals surface area contributed by atoms with Gasteiger partial charge in [-0.1, -0.05) is 24.3 Å². The van der Waals surface area contributed by atoms with Crippen LogP contribution in [0.25, 0.3) is 0 Å². The molecule has 0 radical (unpaired) electrons. The highest BCUT2D eigenvalue weighted by molar-refractivity contribution is 5.40. The summed E-state index contributed by atoms with van der Waals surface area (Å²) in [4.78, 5) is 0. The zero-order valence-electron chi connectivity index (χ0n) is 12.9. The molecule has 1 aliphatic heterocycles. The molecule has 0 amide bonds. The van der Waals surface area contributed by atoms with E-state index in [0.717, 1.165) is 23.4 Å². The fourth-order valence-electron chi connectivity index (χ4n) is 2.84. The summed E-state index contributed by atoms with van der Waals surface area (Å²) in [5, 5.41) is 12.7. The van der Waals surface area contributed by atoms with E-state index in [-0.39, 0.29) is 18.0 Å². The number of nitrogens with one attached hydrogen (secondary N) is 1. The Morgan fingerprint density at radius 3 is 2.86 bits per heavy atom. The lowest BCUT2D eigenvalue weighted by Gasteiger charge is -2.34. The van der Waals surface area contributed by atoms with Gasteiger partial charge < -0.3 is 19.9 Å². The molecule has 22 heavy (non-hydrogen) atoms. The molecule has 1 aliphatic rings. The number of phenols is 1. The highest BCUT2D eigenvalue weighted by Gasteiger charge is 2.32. The molecule has 0 bridgehead atoms. The summed E-state index contributed by atoms with van der Waals surface area (Å²) < 4.78 is 12.2. The minimum Gasteiger partial charge on any atom is -0.508 e. The van der Waals surface area contributed by atoms with Crippen LogP contribution >= 0.6 is 0 Å². The maximum atomic E-state index is 9.55. The van der Waals surface area contributed by atoms with Gasteiger partial charge in [0.15, 0.2) is 6.10 Å². The van der Waals surface area contributed by atoms with Gasteiger partial charge in [0.05, 0.1) is 6.61 Å². The lowest BCUT2D eigenvalue weighted by molar-refractivity contribution is -0.0498. The quantitative estimate of drug-likeness (QED) is 0.911. The minimum atomic E-state index is -0.166. The van der Waals surface area contributed by atoms with Crippen LogP contribution in [0.5, 0.6) is 11.5 Å². The molecule has 2 N–H and O–H groups in total. The number of hydrogen-bond acceptors (Lipinski definition) is 4. The van der Waals surface area contributed by atoms with Crippen molar-refractivity contribution in [3.8, 4) is 11.5 Å². The van der Waals surface area contributed by atoms with Crippen molar-refractivity contribution < 1.29 is 14.6 Å². The molecule has 0 aliphatic carbocycles. The summed E-state index contributed by atoms with van der Waals surface area (Å²) in [5.74, 6) is 1.01. The number of fused-ring (bicyclic) bond motifs is 1. The van der Waals surface area contributed by atoms with E-state index in [1.807, 2.05) is 26.1 Å². The second-order valence-electron chi connectivity index (χ2n) is 5.59. The van der Waals surface area contributed by atoms with Gasteiger partial charge in [-0.05, 0) is 43.3 Å². The second-order valence-corrected chi connectivity index (χ2v) is 5.59. The van der Waals surface area contributed by atoms with Crippen LogP contribution in [0, 0.1) is 6.92 Å². The number of phenolic OH excluding ortho intramolecular Hbond substituents is 1. The molecule has 2 atom stereocenters. The van der Waals surface area contributed by atoms with E-state index in [4.69, 9.17) is 9.47 Å². The number of likely N-dealkylation sites (N-methyl/N-ethyl adjacent to an activating group) is 1. The van der Waals surface area contributed by atoms with E-state index in [1.54, 1.807) is 18.2 Å². The van der Waals surface area contributed by atoms with Gasteiger partial charge in [0, 0.05) is 12.1 Å². The average Bonchev–Trinajstić information content (AvgIpc) is 2.52. The van der Waals surface area contributed by atoms with E-state index < -0.39 is 0 Å². The first-order valence-electron chi connectivity index (χ1n) is 7.49. The smallest absolute Gasteiger partial charge is 0.151 e. The maximum Gasteiger partial charge on any atom is 0.151 e. The van der Waals surface area contributed by atoms with Crippen LogP contribution in [-0.2, 0) is 11.3 Å². The number of benzene rings is 2. The molecule has 2 aromatic rings. The predicted octanol–water partition coefficient (Wildman–Crippen LogP) is 2.94. The van der Waals surface area contributed by atoms with Crippen LogP contribution in [0.3, 0.4) is 0 Å². The summed E-state index contributed by atoms with van der Waals surface area (Å²) in [7, 11) is 1.91. The standard InChI is InChI=1S/C18H21NO3/c1-12-9-14(20)7-8-16(12)22-18-15-6-4-3-5-13(15)11-21-17(18)10-19-2/h3-9,17-20H,10-11H2,1-2H3/t17-,18-/m1/s1. The van der Waals surface area contributed by atoms with E-state index in [1.165, 1.54) is 5.56 Å². The fraction of sp³-hybridized carbons (Fsp3) is 0.333. The Hall–Kier alpha value is -2.04. The van der Waals surface area contributed by atoms with Crippen molar-refractivity contribution in [1.82, 2.24) is 5.32 Å². The van der Waals surface area contributed by atoms with E-state index in [2.05, 4.69) is 17.4 Å². The Bertz CT molecular complexity index is 657. The zero-order chi connectivity index (χ0) is 15.5. The van der Waals surface area contributed by atoms with Crippen molar-refractivity contribution in [3.05, 3.63) is 59.2 Å². The molecular formula is C18H21NO3. The Morgan fingerprint density at radius 2 is 2.09 bits per heavy atom. The average molecular weight is 299 g/mol. The van der Waals surface area contributed by atoms with Crippen molar-refractivity contribution >= 4 is 0 Å². The lowest BCUT2D eigenvalue weighted by Crippen LogP contribution is -2.38. The summed E-state index contributed by atoms with van der Waals surface area (Å²) in [6.07, 6.45) is -0.214. The van der Waals surface area contributed by atoms with Crippen LogP contribution in [0.2, 0.25) is 0 Å². The van der Waals surface area contributed by atoms with Crippen LogP contribution in [0.15, 0.2) is 42.5 Å². The third kappa shape index (κ3) is 2.93. The number of aryl methyl sites for hydroxylation is 1. The summed E-state index contributed by atoms with van der Waals surface area (Å²) >= 11 is 0. The van der Waals surface area contributed by atoms with E-state index in [0.29, 0.717) is 6.61 Å². The van der Waals surface area contributed by atoms with Crippen molar-refractivity contribution in [3.63, 3.8) is 0 Å². The fourth-order valence-corrected chi connectivity index (χ4v) is 2.84. The molecule has 0 fully saturated rings. The van der Waals surface area contributed by atoms with Gasteiger partial charge in [-0.25, -0.2) is 0 Å². The maximum absolute atomic E-state index is 9.55.